The number of rotatable bonds is 4. The normalized spacial score (nSPS) is 22.4. The number of hydrogen-bond donors (Lipinski definition) is 2. The van der Waals surface area contributed by atoms with Crippen molar-refractivity contribution in [1.82, 2.24) is 19.3 Å². The van der Waals surface area contributed by atoms with Gasteiger partial charge < -0.3 is 10.3 Å². The highest BCUT2D eigenvalue weighted by Gasteiger charge is 2.26. The number of pyridine rings is 1. The fourth-order valence-electron chi connectivity index (χ4n) is 2.52. The van der Waals surface area contributed by atoms with E-state index in [0.29, 0.717) is 0 Å². The number of halogens is 2. The van der Waals surface area contributed by atoms with E-state index in [-0.39, 0.29) is 37.0 Å². The SMILES string of the molecule is [2H]C1(Nc2nc(C([2H])(F)F)c3ccc(=O)[nH]c3n2)CCN(S(=O)(=O)C([2H])([2H])[2H])CC1. The summed E-state index contributed by atoms with van der Waals surface area (Å²) in [7, 11) is -4.55. The van der Waals surface area contributed by atoms with E-state index in [2.05, 4.69) is 20.3 Å². The second-order valence-electron chi connectivity index (χ2n) is 5.37. The Morgan fingerprint density at radius 1 is 1.44 bits per heavy atom. The number of H-pyrrole nitrogens is 1. The highest BCUT2D eigenvalue weighted by Crippen LogP contribution is 2.25. The first kappa shape index (κ1) is 12.3. The molecule has 2 aromatic rings. The van der Waals surface area contributed by atoms with Crippen molar-refractivity contribution < 1.29 is 24.1 Å². The summed E-state index contributed by atoms with van der Waals surface area (Å²) in [5.74, 6) is -0.451. The largest absolute Gasteiger partial charge is 0.351 e. The molecule has 0 aliphatic carbocycles. The molecule has 136 valence electrons. The standard InChI is InChI=1S/C14H17F2N5O3S/c1-25(23,24)21-6-4-8(5-7-21)17-14-19-11(12(15)16)9-2-3-10(22)18-13(9)20-14/h2-3,8,12H,4-7H2,1H3,(H2,17,18,19,20,22)/i1D3,8D,12D. The molecule has 0 amide bonds. The van der Waals surface area contributed by atoms with Crippen molar-refractivity contribution in [3.63, 3.8) is 0 Å². The lowest BCUT2D eigenvalue weighted by Crippen LogP contribution is -2.42. The van der Waals surface area contributed by atoms with Crippen LogP contribution in [0, 0.1) is 0 Å². The number of aromatic nitrogens is 3. The molecule has 1 fully saturated rings. The third-order valence-corrected chi connectivity index (χ3v) is 4.77. The number of piperidine rings is 1. The van der Waals surface area contributed by atoms with E-state index < -0.39 is 45.8 Å². The Hall–Kier alpha value is -2.14. The Bertz CT molecular complexity index is 1130. The Labute approximate surface area is 149 Å². The van der Waals surface area contributed by atoms with Gasteiger partial charge in [-0.3, -0.25) is 4.79 Å². The van der Waals surface area contributed by atoms with E-state index in [1.54, 1.807) is 0 Å². The van der Waals surface area contributed by atoms with Crippen molar-refractivity contribution >= 4 is 27.0 Å². The first-order chi connectivity index (χ1) is 13.6. The molecule has 25 heavy (non-hydrogen) atoms. The Kier molecular flexibility index (Phi) is 3.25. The maximum absolute atomic E-state index is 13.7. The van der Waals surface area contributed by atoms with Gasteiger partial charge in [-0.2, -0.15) is 4.98 Å². The molecule has 0 radical (unpaired) electrons. The van der Waals surface area contributed by atoms with Crippen molar-refractivity contribution in [3.05, 3.63) is 28.2 Å². The predicted molar refractivity (Wildman–Crippen MR) is 88.2 cm³/mol. The lowest BCUT2D eigenvalue weighted by atomic mass is 10.1. The van der Waals surface area contributed by atoms with E-state index in [4.69, 9.17) is 6.85 Å². The first-order valence-electron chi connectivity index (χ1n) is 9.70. The molecule has 1 aliphatic rings. The molecule has 2 aromatic heterocycles. The van der Waals surface area contributed by atoms with Crippen LogP contribution < -0.4 is 10.9 Å². The van der Waals surface area contributed by atoms with Gasteiger partial charge in [0.25, 0.3) is 6.40 Å². The van der Waals surface area contributed by atoms with E-state index in [0.717, 1.165) is 16.4 Å². The Morgan fingerprint density at radius 3 is 2.80 bits per heavy atom. The minimum absolute atomic E-state index is 0.179. The smallest absolute Gasteiger partial charge is 0.281 e. The van der Waals surface area contributed by atoms with Crippen LogP contribution in [0.1, 0.15) is 31.8 Å². The lowest BCUT2D eigenvalue weighted by molar-refractivity contribution is 0.148. The molecule has 0 aromatic carbocycles. The third-order valence-electron chi connectivity index (χ3n) is 3.72. The quantitative estimate of drug-likeness (QED) is 0.825. The fourth-order valence-corrected chi connectivity index (χ4v) is 3.18. The van der Waals surface area contributed by atoms with Gasteiger partial charge >= 0.3 is 0 Å². The number of sulfonamides is 1. The topological polar surface area (TPSA) is 108 Å². The van der Waals surface area contributed by atoms with Gasteiger partial charge in [-0.1, -0.05) is 0 Å². The molecule has 3 heterocycles. The van der Waals surface area contributed by atoms with Crippen molar-refractivity contribution in [2.75, 3.05) is 24.6 Å². The second-order valence-corrected chi connectivity index (χ2v) is 6.84. The van der Waals surface area contributed by atoms with Gasteiger partial charge in [-0.15, -0.1) is 0 Å². The van der Waals surface area contributed by atoms with Crippen LogP contribution in [-0.4, -0.2) is 53.0 Å². The van der Waals surface area contributed by atoms with E-state index in [1.165, 1.54) is 0 Å². The molecule has 3 rings (SSSR count). The zero-order valence-corrected chi connectivity index (χ0v) is 13.5. The molecular weight excluding hydrogens is 356 g/mol. The molecule has 2 N–H and O–H groups in total. The van der Waals surface area contributed by atoms with Crippen LogP contribution in [0.15, 0.2) is 16.9 Å². The van der Waals surface area contributed by atoms with E-state index in [9.17, 15) is 22.0 Å². The number of fused-ring (bicyclic) bond motifs is 1. The lowest BCUT2D eigenvalue weighted by Gasteiger charge is -2.30. The van der Waals surface area contributed by atoms with Gasteiger partial charge in [0.15, 0.2) is 0 Å². The minimum Gasteiger partial charge on any atom is -0.351 e. The molecular formula is C14H17F2N5O3S. The summed E-state index contributed by atoms with van der Waals surface area (Å²) in [5, 5.41) is 2.30. The van der Waals surface area contributed by atoms with Crippen molar-refractivity contribution in [3.8, 4) is 0 Å². The van der Waals surface area contributed by atoms with Gasteiger partial charge in [-0.25, -0.2) is 26.5 Å². The van der Waals surface area contributed by atoms with E-state index >= 15 is 0 Å². The maximum atomic E-state index is 13.7. The van der Waals surface area contributed by atoms with Crippen LogP contribution in [0.25, 0.3) is 11.0 Å². The summed E-state index contributed by atoms with van der Waals surface area (Å²) in [6, 6.07) is 0.462. The van der Waals surface area contributed by atoms with Crippen molar-refractivity contribution in [2.45, 2.75) is 25.3 Å². The molecule has 0 unspecified atom stereocenters. The number of anilines is 1. The first-order valence-corrected chi connectivity index (χ1v) is 8.64. The summed E-state index contributed by atoms with van der Waals surface area (Å²) < 4.78 is 89.1. The van der Waals surface area contributed by atoms with Crippen LogP contribution in [-0.2, 0) is 10.0 Å². The summed E-state index contributed by atoms with van der Waals surface area (Å²) in [5.41, 5.74) is -1.85. The molecule has 0 bridgehead atoms. The second kappa shape index (κ2) is 6.64. The van der Waals surface area contributed by atoms with Gasteiger partial charge in [0.2, 0.25) is 21.5 Å². The molecule has 8 nitrogen and oxygen atoms in total. The number of aromatic amines is 1. The molecule has 1 aliphatic heterocycles. The molecule has 0 atom stereocenters. The summed E-state index contributed by atoms with van der Waals surface area (Å²) in [6.45, 7) is -0.577. The van der Waals surface area contributed by atoms with Crippen LogP contribution >= 0.6 is 0 Å². The van der Waals surface area contributed by atoms with Gasteiger partial charge in [-0.05, 0) is 18.9 Å². The molecule has 0 saturated carbocycles. The van der Waals surface area contributed by atoms with Crippen LogP contribution in [0.5, 0.6) is 0 Å². The Balaban J connectivity index is 1.89. The third kappa shape index (κ3) is 3.93. The van der Waals surface area contributed by atoms with Crippen LogP contribution in [0.4, 0.5) is 14.7 Å². The van der Waals surface area contributed by atoms with E-state index in [1.807, 2.05) is 0 Å². The Morgan fingerprint density at radius 2 is 2.16 bits per heavy atom. The van der Waals surface area contributed by atoms with Crippen molar-refractivity contribution in [2.24, 2.45) is 0 Å². The summed E-state index contributed by atoms with van der Waals surface area (Å²) in [4.78, 5) is 21.3. The highest BCUT2D eigenvalue weighted by atomic mass is 32.2. The highest BCUT2D eigenvalue weighted by molar-refractivity contribution is 7.88. The number of hydrogen-bond acceptors (Lipinski definition) is 6. The zero-order valence-electron chi connectivity index (χ0n) is 17.7. The van der Waals surface area contributed by atoms with Gasteiger partial charge in [0.05, 0.1) is 7.55 Å². The molecule has 0 spiro atoms. The minimum atomic E-state index is -4.55. The van der Waals surface area contributed by atoms with Gasteiger partial charge in [0.1, 0.15) is 12.7 Å². The zero-order chi connectivity index (χ0) is 22.5. The maximum Gasteiger partial charge on any atom is 0.281 e. The molecule has 11 heteroatoms. The summed E-state index contributed by atoms with van der Waals surface area (Å²) in [6.07, 6.45) is -7.70. The number of nitrogens with zero attached hydrogens (tertiary/aromatic N) is 3. The average molecular weight is 378 g/mol. The van der Waals surface area contributed by atoms with Crippen LogP contribution in [0.3, 0.4) is 0 Å². The van der Waals surface area contributed by atoms with Crippen LogP contribution in [0.2, 0.25) is 0 Å². The predicted octanol–water partition coefficient (Wildman–Crippen LogP) is 1.09. The fraction of sp³-hybridized carbons (Fsp3) is 0.500. The number of nitrogens with one attached hydrogen (secondary N) is 2. The average Bonchev–Trinajstić information content (AvgIpc) is 2.59. The van der Waals surface area contributed by atoms with Gasteiger partial charge in [0, 0.05) is 34.7 Å². The monoisotopic (exact) mass is 378 g/mol. The summed E-state index contributed by atoms with van der Waals surface area (Å²) >= 11 is 0. The van der Waals surface area contributed by atoms with Crippen molar-refractivity contribution in [1.29, 1.82) is 0 Å². The number of alkyl halides is 2. The molecule has 1 saturated heterocycles.